The molecule has 0 aromatic carbocycles. The molecule has 1 saturated carbocycles. The van der Waals surface area contributed by atoms with Crippen LogP contribution < -0.4 is 5.32 Å². The van der Waals surface area contributed by atoms with Crippen LogP contribution in [0.3, 0.4) is 0 Å². The Morgan fingerprint density at radius 1 is 1.21 bits per heavy atom. The number of hydrogen-bond acceptors (Lipinski definition) is 1. The molecular formula is C13H25N. The van der Waals surface area contributed by atoms with Gasteiger partial charge in [-0.05, 0) is 55.5 Å². The monoisotopic (exact) mass is 195 g/mol. The minimum Gasteiger partial charge on any atom is -0.316 e. The second-order valence-electron chi connectivity index (χ2n) is 6.26. The van der Waals surface area contributed by atoms with Crippen molar-refractivity contribution in [3.05, 3.63) is 0 Å². The van der Waals surface area contributed by atoms with Crippen LogP contribution in [-0.4, -0.2) is 13.1 Å². The molecule has 1 heterocycles. The largest absolute Gasteiger partial charge is 0.316 e. The first-order valence-electron chi connectivity index (χ1n) is 6.29. The van der Waals surface area contributed by atoms with Gasteiger partial charge in [-0.1, -0.05) is 27.2 Å². The van der Waals surface area contributed by atoms with Gasteiger partial charge < -0.3 is 5.32 Å². The molecule has 82 valence electrons. The highest BCUT2D eigenvalue weighted by atomic mass is 14.9. The second kappa shape index (κ2) is 3.52. The number of piperidine rings is 1. The molecule has 0 bridgehead atoms. The highest BCUT2D eigenvalue weighted by Crippen LogP contribution is 2.56. The highest BCUT2D eigenvalue weighted by molar-refractivity contribution is 4.99. The van der Waals surface area contributed by atoms with Crippen LogP contribution in [-0.2, 0) is 0 Å². The van der Waals surface area contributed by atoms with E-state index in [0.29, 0.717) is 10.8 Å². The molecule has 2 aliphatic rings. The topological polar surface area (TPSA) is 12.0 Å². The van der Waals surface area contributed by atoms with Crippen LogP contribution in [0.25, 0.3) is 0 Å². The van der Waals surface area contributed by atoms with E-state index in [0.717, 1.165) is 5.92 Å². The van der Waals surface area contributed by atoms with Crippen molar-refractivity contribution in [1.82, 2.24) is 5.32 Å². The quantitative estimate of drug-likeness (QED) is 0.677. The van der Waals surface area contributed by atoms with Gasteiger partial charge in [0, 0.05) is 0 Å². The molecule has 2 unspecified atom stereocenters. The van der Waals surface area contributed by atoms with Gasteiger partial charge >= 0.3 is 0 Å². The predicted octanol–water partition coefficient (Wildman–Crippen LogP) is 3.20. The van der Waals surface area contributed by atoms with Crippen LogP contribution in [0, 0.1) is 16.7 Å². The van der Waals surface area contributed by atoms with Crippen LogP contribution in [0.4, 0.5) is 0 Å². The lowest BCUT2D eigenvalue weighted by Crippen LogP contribution is -2.43. The van der Waals surface area contributed by atoms with E-state index in [1.165, 1.54) is 45.2 Å². The Labute approximate surface area is 88.7 Å². The molecule has 1 nitrogen and oxygen atoms in total. The Bertz CT molecular complexity index is 209. The van der Waals surface area contributed by atoms with E-state index < -0.39 is 0 Å². The summed E-state index contributed by atoms with van der Waals surface area (Å²) >= 11 is 0. The van der Waals surface area contributed by atoms with Crippen molar-refractivity contribution in [1.29, 1.82) is 0 Å². The molecule has 0 aromatic heterocycles. The maximum Gasteiger partial charge on any atom is -0.00153 e. The zero-order chi connectivity index (χ0) is 10.2. The van der Waals surface area contributed by atoms with E-state index in [-0.39, 0.29) is 0 Å². The van der Waals surface area contributed by atoms with Crippen molar-refractivity contribution in [3.8, 4) is 0 Å². The zero-order valence-corrected chi connectivity index (χ0v) is 10.0. The van der Waals surface area contributed by atoms with E-state index in [2.05, 4.69) is 26.1 Å². The summed E-state index contributed by atoms with van der Waals surface area (Å²) in [5.41, 5.74) is 1.33. The highest BCUT2D eigenvalue weighted by Gasteiger charge is 2.47. The average molecular weight is 195 g/mol. The molecule has 14 heavy (non-hydrogen) atoms. The van der Waals surface area contributed by atoms with Gasteiger partial charge in [-0.15, -0.1) is 0 Å². The van der Waals surface area contributed by atoms with E-state index in [1.807, 2.05) is 0 Å². The Morgan fingerprint density at radius 2 is 2.00 bits per heavy atom. The Hall–Kier alpha value is -0.0400. The number of nitrogens with one attached hydrogen (secondary N) is 1. The SMILES string of the molecule is CCC1CNCCC12CCC(C)(C)C2. The summed E-state index contributed by atoms with van der Waals surface area (Å²) in [6.07, 6.45) is 7.20. The lowest BCUT2D eigenvalue weighted by atomic mass is 9.67. The summed E-state index contributed by atoms with van der Waals surface area (Å²) in [6, 6.07) is 0. The fraction of sp³-hybridized carbons (Fsp3) is 1.00. The van der Waals surface area contributed by atoms with Gasteiger partial charge in [0.2, 0.25) is 0 Å². The van der Waals surface area contributed by atoms with Crippen LogP contribution in [0.5, 0.6) is 0 Å². The van der Waals surface area contributed by atoms with Gasteiger partial charge in [-0.3, -0.25) is 0 Å². The Balaban J connectivity index is 2.13. The maximum absolute atomic E-state index is 3.56. The first-order chi connectivity index (χ1) is 6.58. The van der Waals surface area contributed by atoms with E-state index in [9.17, 15) is 0 Å². The zero-order valence-electron chi connectivity index (χ0n) is 10.0. The third-order valence-electron chi connectivity index (χ3n) is 4.68. The summed E-state index contributed by atoms with van der Waals surface area (Å²) in [5, 5.41) is 3.56. The Morgan fingerprint density at radius 3 is 2.57 bits per heavy atom. The van der Waals surface area contributed by atoms with Gasteiger partial charge in [0.25, 0.3) is 0 Å². The number of rotatable bonds is 1. The molecule has 2 atom stereocenters. The lowest BCUT2D eigenvalue weighted by Gasteiger charge is -2.42. The molecule has 2 rings (SSSR count). The van der Waals surface area contributed by atoms with Crippen molar-refractivity contribution in [2.75, 3.05) is 13.1 Å². The Kier molecular flexibility index (Phi) is 2.63. The second-order valence-corrected chi connectivity index (χ2v) is 6.26. The summed E-state index contributed by atoms with van der Waals surface area (Å²) in [6.45, 7) is 9.80. The van der Waals surface area contributed by atoms with Crippen molar-refractivity contribution < 1.29 is 0 Å². The smallest absolute Gasteiger partial charge is 0.00153 e. The molecule has 1 saturated heterocycles. The molecule has 0 amide bonds. The third-order valence-corrected chi connectivity index (χ3v) is 4.68. The summed E-state index contributed by atoms with van der Waals surface area (Å²) < 4.78 is 0. The van der Waals surface area contributed by atoms with Crippen LogP contribution >= 0.6 is 0 Å². The number of hydrogen-bond donors (Lipinski definition) is 1. The van der Waals surface area contributed by atoms with E-state index >= 15 is 0 Å². The molecular weight excluding hydrogens is 170 g/mol. The standard InChI is InChI=1S/C13H25N/c1-4-11-9-14-8-7-13(11)6-5-12(2,3)10-13/h11,14H,4-10H2,1-3H3. The molecule has 1 aliphatic heterocycles. The van der Waals surface area contributed by atoms with Gasteiger partial charge in [0.05, 0.1) is 0 Å². The van der Waals surface area contributed by atoms with Gasteiger partial charge in [-0.25, -0.2) is 0 Å². The molecule has 1 spiro atoms. The van der Waals surface area contributed by atoms with Gasteiger partial charge in [0.1, 0.15) is 0 Å². The lowest BCUT2D eigenvalue weighted by molar-refractivity contribution is 0.0971. The normalized spacial score (nSPS) is 41.8. The maximum atomic E-state index is 3.56. The molecule has 1 aliphatic carbocycles. The predicted molar refractivity (Wildman–Crippen MR) is 61.3 cm³/mol. The molecule has 2 fully saturated rings. The third kappa shape index (κ3) is 1.71. The fourth-order valence-electron chi connectivity index (χ4n) is 3.89. The minimum absolute atomic E-state index is 0.616. The summed E-state index contributed by atoms with van der Waals surface area (Å²) in [7, 11) is 0. The molecule has 0 radical (unpaired) electrons. The van der Waals surface area contributed by atoms with Gasteiger partial charge in [0.15, 0.2) is 0 Å². The first kappa shape index (κ1) is 10.5. The molecule has 1 heteroatoms. The van der Waals surface area contributed by atoms with Crippen molar-refractivity contribution in [3.63, 3.8) is 0 Å². The fourth-order valence-corrected chi connectivity index (χ4v) is 3.89. The van der Waals surface area contributed by atoms with E-state index in [4.69, 9.17) is 0 Å². The first-order valence-corrected chi connectivity index (χ1v) is 6.29. The van der Waals surface area contributed by atoms with Crippen molar-refractivity contribution in [2.45, 2.75) is 52.9 Å². The summed E-state index contributed by atoms with van der Waals surface area (Å²) in [4.78, 5) is 0. The molecule has 0 aromatic rings. The average Bonchev–Trinajstić information content (AvgIpc) is 2.44. The van der Waals surface area contributed by atoms with Crippen molar-refractivity contribution >= 4 is 0 Å². The van der Waals surface area contributed by atoms with Crippen LogP contribution in [0.1, 0.15) is 52.9 Å². The summed E-state index contributed by atoms with van der Waals surface area (Å²) in [5.74, 6) is 0.943. The van der Waals surface area contributed by atoms with Crippen LogP contribution in [0.15, 0.2) is 0 Å². The minimum atomic E-state index is 0.616. The van der Waals surface area contributed by atoms with Gasteiger partial charge in [-0.2, -0.15) is 0 Å². The van der Waals surface area contributed by atoms with Crippen LogP contribution in [0.2, 0.25) is 0 Å². The van der Waals surface area contributed by atoms with E-state index in [1.54, 1.807) is 0 Å². The molecule has 1 N–H and O–H groups in total. The van der Waals surface area contributed by atoms with Crippen molar-refractivity contribution in [2.24, 2.45) is 16.7 Å².